The molecule has 0 aliphatic carbocycles. The van der Waals surface area contributed by atoms with E-state index in [9.17, 15) is 9.59 Å². The molecule has 1 aromatic heterocycles. The first-order valence-corrected chi connectivity index (χ1v) is 10.3. The van der Waals surface area contributed by atoms with Gasteiger partial charge in [-0.3, -0.25) is 9.36 Å². The molecule has 3 rings (SSSR count). The van der Waals surface area contributed by atoms with Crippen molar-refractivity contribution in [2.45, 2.75) is 58.8 Å². The van der Waals surface area contributed by atoms with Gasteiger partial charge in [0, 0.05) is 26.1 Å². The van der Waals surface area contributed by atoms with Crippen LogP contribution in [0.25, 0.3) is 0 Å². The molecule has 0 spiro atoms. The quantitative estimate of drug-likeness (QED) is 0.611. The Hall–Kier alpha value is -2.45. The summed E-state index contributed by atoms with van der Waals surface area (Å²) in [5.41, 5.74) is 1.84. The maximum Gasteiger partial charge on any atom is 0.346 e. The summed E-state index contributed by atoms with van der Waals surface area (Å²) in [4.78, 5) is 24.8. The van der Waals surface area contributed by atoms with Crippen molar-refractivity contribution in [2.24, 2.45) is 0 Å². The number of benzene rings is 1. The van der Waals surface area contributed by atoms with Gasteiger partial charge in [-0.15, -0.1) is 0 Å². The predicted molar refractivity (Wildman–Crippen MR) is 108 cm³/mol. The SMILES string of the molecule is CCOCCOCc1cccc(CNC(=O)Cn2nc3n(c2=O)CCCCC3)c1. The van der Waals surface area contributed by atoms with Crippen LogP contribution in [-0.2, 0) is 46.9 Å². The zero-order valence-electron chi connectivity index (χ0n) is 17.1. The fourth-order valence-electron chi connectivity index (χ4n) is 3.40. The Bertz CT molecular complexity index is 859. The summed E-state index contributed by atoms with van der Waals surface area (Å²) < 4.78 is 13.8. The number of hydrogen-bond donors (Lipinski definition) is 1. The second-order valence-corrected chi connectivity index (χ2v) is 7.16. The number of aryl methyl sites for hydroxylation is 1. The van der Waals surface area contributed by atoms with Crippen LogP contribution in [0.1, 0.15) is 43.1 Å². The van der Waals surface area contributed by atoms with Crippen molar-refractivity contribution in [2.75, 3.05) is 19.8 Å². The fourth-order valence-corrected chi connectivity index (χ4v) is 3.40. The Balaban J connectivity index is 1.48. The second-order valence-electron chi connectivity index (χ2n) is 7.16. The molecule has 8 nitrogen and oxygen atoms in total. The predicted octanol–water partition coefficient (Wildman–Crippen LogP) is 1.64. The number of carbonyl (C=O) groups excluding carboxylic acids is 1. The molecule has 0 saturated heterocycles. The third-order valence-electron chi connectivity index (χ3n) is 4.90. The molecule has 0 atom stereocenters. The Morgan fingerprint density at radius 2 is 2.00 bits per heavy atom. The van der Waals surface area contributed by atoms with E-state index in [0.29, 0.717) is 39.5 Å². The number of fused-ring (bicyclic) bond motifs is 1. The number of amides is 1. The minimum Gasteiger partial charge on any atom is -0.379 e. The van der Waals surface area contributed by atoms with E-state index >= 15 is 0 Å². The molecule has 2 heterocycles. The first-order valence-electron chi connectivity index (χ1n) is 10.3. The third kappa shape index (κ3) is 6.27. The number of rotatable bonds is 10. The van der Waals surface area contributed by atoms with Gasteiger partial charge in [-0.2, -0.15) is 5.10 Å². The average molecular weight is 402 g/mol. The molecule has 1 aliphatic heterocycles. The third-order valence-corrected chi connectivity index (χ3v) is 4.90. The normalized spacial score (nSPS) is 13.7. The Morgan fingerprint density at radius 3 is 2.86 bits per heavy atom. The minimum atomic E-state index is -0.223. The summed E-state index contributed by atoms with van der Waals surface area (Å²) in [6.45, 7) is 5.32. The molecular weight excluding hydrogens is 372 g/mol. The van der Waals surface area contributed by atoms with Crippen LogP contribution >= 0.6 is 0 Å². The molecule has 0 unspecified atom stereocenters. The molecule has 1 aromatic carbocycles. The minimum absolute atomic E-state index is 0.0565. The van der Waals surface area contributed by atoms with Gasteiger partial charge in [-0.05, 0) is 30.9 Å². The molecule has 29 heavy (non-hydrogen) atoms. The van der Waals surface area contributed by atoms with Crippen molar-refractivity contribution in [3.05, 3.63) is 51.7 Å². The van der Waals surface area contributed by atoms with Gasteiger partial charge >= 0.3 is 5.69 Å². The van der Waals surface area contributed by atoms with Crippen LogP contribution in [0, 0.1) is 0 Å². The van der Waals surface area contributed by atoms with E-state index < -0.39 is 0 Å². The van der Waals surface area contributed by atoms with Crippen molar-refractivity contribution in [1.82, 2.24) is 19.7 Å². The van der Waals surface area contributed by atoms with Crippen LogP contribution in [-0.4, -0.2) is 40.1 Å². The van der Waals surface area contributed by atoms with Crippen LogP contribution in [0.15, 0.2) is 29.1 Å². The number of ether oxygens (including phenoxy) is 2. The van der Waals surface area contributed by atoms with Crippen molar-refractivity contribution in [3.8, 4) is 0 Å². The Morgan fingerprint density at radius 1 is 1.17 bits per heavy atom. The lowest BCUT2D eigenvalue weighted by Gasteiger charge is -2.08. The zero-order valence-corrected chi connectivity index (χ0v) is 17.1. The molecule has 8 heteroatoms. The monoisotopic (exact) mass is 402 g/mol. The van der Waals surface area contributed by atoms with Crippen molar-refractivity contribution >= 4 is 5.91 Å². The van der Waals surface area contributed by atoms with Crippen LogP contribution in [0.4, 0.5) is 0 Å². The summed E-state index contributed by atoms with van der Waals surface area (Å²) in [5, 5.41) is 7.22. The van der Waals surface area contributed by atoms with E-state index in [0.717, 1.165) is 42.6 Å². The van der Waals surface area contributed by atoms with Gasteiger partial charge in [-0.25, -0.2) is 9.48 Å². The van der Waals surface area contributed by atoms with E-state index in [1.165, 1.54) is 4.68 Å². The number of nitrogens with zero attached hydrogens (tertiary/aromatic N) is 3. The average Bonchev–Trinajstić information content (AvgIpc) is 2.88. The van der Waals surface area contributed by atoms with Gasteiger partial charge < -0.3 is 14.8 Å². The van der Waals surface area contributed by atoms with E-state index in [1.807, 2.05) is 31.2 Å². The first-order chi connectivity index (χ1) is 14.2. The number of nitrogens with one attached hydrogen (secondary N) is 1. The van der Waals surface area contributed by atoms with Crippen LogP contribution in [0.3, 0.4) is 0 Å². The molecule has 2 aromatic rings. The first kappa shape index (κ1) is 21.3. The lowest BCUT2D eigenvalue weighted by molar-refractivity contribution is -0.122. The Kier molecular flexibility index (Phi) is 8.01. The number of aromatic nitrogens is 3. The van der Waals surface area contributed by atoms with E-state index in [4.69, 9.17) is 9.47 Å². The van der Waals surface area contributed by atoms with E-state index in [2.05, 4.69) is 10.4 Å². The molecule has 0 bridgehead atoms. The lowest BCUT2D eigenvalue weighted by Crippen LogP contribution is -2.33. The van der Waals surface area contributed by atoms with Crippen LogP contribution < -0.4 is 11.0 Å². The fraction of sp³-hybridized carbons (Fsp3) is 0.571. The molecule has 1 N–H and O–H groups in total. The van der Waals surface area contributed by atoms with Gasteiger partial charge in [-0.1, -0.05) is 30.7 Å². The summed E-state index contributed by atoms with van der Waals surface area (Å²) in [6, 6.07) is 7.89. The maximum absolute atomic E-state index is 12.4. The zero-order chi connectivity index (χ0) is 20.5. The van der Waals surface area contributed by atoms with Gasteiger partial charge in [0.1, 0.15) is 12.4 Å². The number of hydrogen-bond acceptors (Lipinski definition) is 5. The molecule has 0 saturated carbocycles. The smallest absolute Gasteiger partial charge is 0.346 e. The van der Waals surface area contributed by atoms with Gasteiger partial charge in [0.15, 0.2) is 0 Å². The Labute approximate surface area is 170 Å². The van der Waals surface area contributed by atoms with Gasteiger partial charge in [0.25, 0.3) is 0 Å². The van der Waals surface area contributed by atoms with E-state index in [1.54, 1.807) is 4.57 Å². The number of carbonyl (C=O) groups is 1. The van der Waals surface area contributed by atoms with Crippen LogP contribution in [0.5, 0.6) is 0 Å². The highest BCUT2D eigenvalue weighted by Crippen LogP contribution is 2.10. The standard InChI is InChI=1S/C21H30N4O4/c1-2-28-11-12-29-16-18-8-6-7-17(13-18)14-22-20(26)15-25-21(27)24-10-5-3-4-9-19(24)23-25/h6-8,13H,2-5,9-12,14-16H2,1H3,(H,22,26). The topological polar surface area (TPSA) is 87.4 Å². The molecule has 0 radical (unpaired) electrons. The highest BCUT2D eigenvalue weighted by Gasteiger charge is 2.17. The van der Waals surface area contributed by atoms with E-state index in [-0.39, 0.29) is 18.1 Å². The summed E-state index contributed by atoms with van der Waals surface area (Å²) in [5.74, 6) is 0.566. The van der Waals surface area contributed by atoms with Crippen molar-refractivity contribution in [1.29, 1.82) is 0 Å². The van der Waals surface area contributed by atoms with Crippen molar-refractivity contribution < 1.29 is 14.3 Å². The van der Waals surface area contributed by atoms with Gasteiger partial charge in [0.2, 0.25) is 5.91 Å². The second kappa shape index (κ2) is 10.9. The summed E-state index contributed by atoms with van der Waals surface area (Å²) >= 11 is 0. The molecule has 1 aliphatic rings. The summed E-state index contributed by atoms with van der Waals surface area (Å²) in [6.07, 6.45) is 3.92. The van der Waals surface area contributed by atoms with Crippen molar-refractivity contribution in [3.63, 3.8) is 0 Å². The molecule has 0 fully saturated rings. The molecule has 1 amide bonds. The highest BCUT2D eigenvalue weighted by molar-refractivity contribution is 5.75. The lowest BCUT2D eigenvalue weighted by atomic mass is 10.1. The molecular formula is C21H30N4O4. The van der Waals surface area contributed by atoms with Crippen LogP contribution in [0.2, 0.25) is 0 Å². The molecule has 158 valence electrons. The highest BCUT2D eigenvalue weighted by atomic mass is 16.5. The maximum atomic E-state index is 12.4. The summed E-state index contributed by atoms with van der Waals surface area (Å²) in [7, 11) is 0. The van der Waals surface area contributed by atoms with Gasteiger partial charge in [0.05, 0.1) is 19.8 Å². The largest absolute Gasteiger partial charge is 0.379 e.